The van der Waals surface area contributed by atoms with Crippen molar-refractivity contribution in [2.75, 3.05) is 18.5 Å². The molecule has 1 aromatic rings. The molecule has 1 heterocycles. The molecular formula is C17H25N5O5. The minimum absolute atomic E-state index is 0.00760. The predicted molar refractivity (Wildman–Crippen MR) is 98.6 cm³/mol. The third kappa shape index (κ3) is 5.53. The maximum Gasteiger partial charge on any atom is 0.312 e. The van der Waals surface area contributed by atoms with Gasteiger partial charge in [0.05, 0.1) is 18.1 Å². The fourth-order valence-corrected chi connectivity index (χ4v) is 3.00. The second-order valence-electron chi connectivity index (χ2n) is 6.65. The average molecular weight is 379 g/mol. The van der Waals surface area contributed by atoms with Crippen molar-refractivity contribution in [3.05, 3.63) is 21.7 Å². The summed E-state index contributed by atoms with van der Waals surface area (Å²) in [5, 5.41) is 16.8. The molecule has 148 valence electrons. The van der Waals surface area contributed by atoms with Crippen LogP contribution < -0.4 is 21.1 Å². The van der Waals surface area contributed by atoms with Crippen LogP contribution in [0.3, 0.4) is 0 Å². The Kier molecular flexibility index (Phi) is 6.91. The highest BCUT2D eigenvalue weighted by Crippen LogP contribution is 2.30. The Balaban J connectivity index is 2.29. The number of amides is 2. The quantitative estimate of drug-likeness (QED) is 0.458. The van der Waals surface area contributed by atoms with Crippen molar-refractivity contribution in [3.63, 3.8) is 0 Å². The van der Waals surface area contributed by atoms with Crippen molar-refractivity contribution < 1.29 is 19.2 Å². The summed E-state index contributed by atoms with van der Waals surface area (Å²) in [5.74, 6) is -0.731. The number of anilines is 1. The lowest BCUT2D eigenvalue weighted by Crippen LogP contribution is -2.37. The maximum absolute atomic E-state index is 12.7. The van der Waals surface area contributed by atoms with E-state index in [9.17, 15) is 19.7 Å². The zero-order valence-electron chi connectivity index (χ0n) is 15.5. The fourth-order valence-electron chi connectivity index (χ4n) is 3.00. The molecule has 4 N–H and O–H groups in total. The summed E-state index contributed by atoms with van der Waals surface area (Å²) in [5.41, 5.74) is 4.62. The van der Waals surface area contributed by atoms with Crippen molar-refractivity contribution in [2.45, 2.75) is 45.6 Å². The van der Waals surface area contributed by atoms with Crippen molar-refractivity contribution in [3.8, 4) is 5.88 Å². The molecule has 1 aliphatic carbocycles. The van der Waals surface area contributed by atoms with Crippen LogP contribution in [-0.4, -0.2) is 40.9 Å². The first-order valence-electron chi connectivity index (χ1n) is 8.97. The van der Waals surface area contributed by atoms with Gasteiger partial charge in [-0.2, -0.15) is 4.98 Å². The molecule has 10 heteroatoms. The van der Waals surface area contributed by atoms with Crippen molar-refractivity contribution >= 4 is 23.3 Å². The van der Waals surface area contributed by atoms with Gasteiger partial charge in [-0.05, 0) is 38.5 Å². The molecule has 1 saturated carbocycles. The Morgan fingerprint density at radius 3 is 2.59 bits per heavy atom. The number of aromatic nitrogens is 1. The van der Waals surface area contributed by atoms with Crippen LogP contribution in [0.25, 0.3) is 0 Å². The lowest BCUT2D eigenvalue weighted by atomic mass is 9.87. The van der Waals surface area contributed by atoms with E-state index in [1.165, 1.54) is 0 Å². The number of primary amides is 1. The number of ether oxygens (including phenoxy) is 1. The first-order valence-corrected chi connectivity index (χ1v) is 8.97. The van der Waals surface area contributed by atoms with Crippen LogP contribution in [-0.2, 0) is 4.79 Å². The van der Waals surface area contributed by atoms with Gasteiger partial charge in [-0.1, -0.05) is 6.92 Å². The van der Waals surface area contributed by atoms with Gasteiger partial charge >= 0.3 is 5.69 Å². The van der Waals surface area contributed by atoms with E-state index in [0.29, 0.717) is 5.92 Å². The van der Waals surface area contributed by atoms with Crippen LogP contribution in [0.1, 0.15) is 49.9 Å². The third-order valence-electron chi connectivity index (χ3n) is 4.47. The number of nitrogens with two attached hydrogens (primary N) is 1. The highest BCUT2D eigenvalue weighted by molar-refractivity contribution is 5.98. The van der Waals surface area contributed by atoms with Crippen LogP contribution in [0.5, 0.6) is 5.88 Å². The van der Waals surface area contributed by atoms with E-state index in [0.717, 1.165) is 31.7 Å². The molecule has 0 bridgehead atoms. The summed E-state index contributed by atoms with van der Waals surface area (Å²) in [6, 6.07) is 1.14. The van der Waals surface area contributed by atoms with E-state index in [4.69, 9.17) is 10.5 Å². The van der Waals surface area contributed by atoms with Gasteiger partial charge in [-0.25, -0.2) is 0 Å². The Morgan fingerprint density at radius 1 is 1.37 bits per heavy atom. The first kappa shape index (κ1) is 20.4. The van der Waals surface area contributed by atoms with Crippen molar-refractivity contribution in [2.24, 2.45) is 11.7 Å². The molecule has 1 aliphatic rings. The molecule has 10 nitrogen and oxygen atoms in total. The maximum atomic E-state index is 12.7. The zero-order valence-corrected chi connectivity index (χ0v) is 15.5. The Hall–Kier alpha value is -2.91. The van der Waals surface area contributed by atoms with E-state index in [2.05, 4.69) is 22.5 Å². The van der Waals surface area contributed by atoms with Gasteiger partial charge in [0.15, 0.2) is 0 Å². The van der Waals surface area contributed by atoms with Crippen LogP contribution in [0.4, 0.5) is 11.5 Å². The smallest absolute Gasteiger partial charge is 0.312 e. The molecule has 1 aromatic heterocycles. The minimum Gasteiger partial charge on any atom is -0.477 e. The summed E-state index contributed by atoms with van der Waals surface area (Å²) in [7, 11) is 0. The van der Waals surface area contributed by atoms with E-state index in [1.54, 1.807) is 6.92 Å². The second-order valence-corrected chi connectivity index (χ2v) is 6.65. The zero-order chi connectivity index (χ0) is 20.0. The van der Waals surface area contributed by atoms with Crippen LogP contribution in [0, 0.1) is 16.0 Å². The number of hydrogen-bond donors (Lipinski definition) is 3. The molecule has 2 amide bonds. The molecule has 1 fully saturated rings. The van der Waals surface area contributed by atoms with E-state index in [-0.39, 0.29) is 36.5 Å². The monoisotopic (exact) mass is 379 g/mol. The number of pyridine rings is 1. The average Bonchev–Trinajstić information content (AvgIpc) is 2.61. The number of rotatable bonds is 8. The number of nitrogens with one attached hydrogen (secondary N) is 2. The molecule has 0 radical (unpaired) electrons. The van der Waals surface area contributed by atoms with Gasteiger partial charge in [0.1, 0.15) is 5.56 Å². The topological polar surface area (TPSA) is 149 Å². The Morgan fingerprint density at radius 2 is 2.04 bits per heavy atom. The standard InChI is InChI=1S/C17H25N5O5/c1-3-27-17-12(16(24)20-11-6-4-10(2)5-7-11)8-13(22(25)26)15(21-17)19-9-14(18)23/h8,10-11H,3-7,9H2,1-2H3,(H2,18,23)(H,19,21)(H,20,24)/t10-,11-. The molecule has 0 aliphatic heterocycles. The van der Waals surface area contributed by atoms with Crippen LogP contribution >= 0.6 is 0 Å². The van der Waals surface area contributed by atoms with Gasteiger partial charge in [0.25, 0.3) is 5.91 Å². The van der Waals surface area contributed by atoms with E-state index < -0.39 is 22.4 Å². The molecule has 2 rings (SSSR count). The van der Waals surface area contributed by atoms with Crippen LogP contribution in [0.2, 0.25) is 0 Å². The molecule has 27 heavy (non-hydrogen) atoms. The van der Waals surface area contributed by atoms with Gasteiger partial charge < -0.3 is 21.1 Å². The number of nitrogens with zero attached hydrogens (tertiary/aromatic N) is 2. The predicted octanol–water partition coefficient (Wildman–Crippen LogP) is 1.59. The van der Waals surface area contributed by atoms with Gasteiger partial charge in [-0.15, -0.1) is 0 Å². The third-order valence-corrected chi connectivity index (χ3v) is 4.47. The first-order chi connectivity index (χ1) is 12.8. The summed E-state index contributed by atoms with van der Waals surface area (Å²) in [6.45, 7) is 3.78. The van der Waals surface area contributed by atoms with Gasteiger partial charge in [0, 0.05) is 12.1 Å². The largest absolute Gasteiger partial charge is 0.477 e. The molecule has 0 saturated heterocycles. The summed E-state index contributed by atoms with van der Waals surface area (Å²) in [4.78, 5) is 38.4. The fraction of sp³-hybridized carbons (Fsp3) is 0.588. The molecule has 0 spiro atoms. The Labute approximate surface area is 157 Å². The normalized spacial score (nSPS) is 19.2. The van der Waals surface area contributed by atoms with E-state index in [1.807, 2.05) is 0 Å². The highest BCUT2D eigenvalue weighted by Gasteiger charge is 2.27. The molecular weight excluding hydrogens is 354 g/mol. The number of carbonyl (C=O) groups is 2. The summed E-state index contributed by atoms with van der Waals surface area (Å²) >= 11 is 0. The number of hydrogen-bond acceptors (Lipinski definition) is 7. The van der Waals surface area contributed by atoms with Crippen molar-refractivity contribution in [1.29, 1.82) is 0 Å². The number of carbonyl (C=O) groups excluding carboxylic acids is 2. The molecule has 0 atom stereocenters. The summed E-state index contributed by atoms with van der Waals surface area (Å²) < 4.78 is 5.40. The lowest BCUT2D eigenvalue weighted by Gasteiger charge is -2.27. The van der Waals surface area contributed by atoms with Gasteiger partial charge in [-0.3, -0.25) is 19.7 Å². The SMILES string of the molecule is CCOc1nc(NCC(N)=O)c([N+](=O)[O-])cc1C(=O)N[C@H]1CC[C@H](C)CC1. The second kappa shape index (κ2) is 9.15. The summed E-state index contributed by atoms with van der Waals surface area (Å²) in [6.07, 6.45) is 3.78. The van der Waals surface area contributed by atoms with Gasteiger partial charge in [0.2, 0.25) is 17.6 Å². The van der Waals surface area contributed by atoms with Crippen molar-refractivity contribution in [1.82, 2.24) is 10.3 Å². The number of nitro groups is 1. The minimum atomic E-state index is -0.697. The molecule has 0 aromatic carbocycles. The highest BCUT2D eigenvalue weighted by atomic mass is 16.6. The molecule has 0 unspecified atom stereocenters. The lowest BCUT2D eigenvalue weighted by molar-refractivity contribution is -0.384. The van der Waals surface area contributed by atoms with Crippen LogP contribution in [0.15, 0.2) is 6.07 Å². The van der Waals surface area contributed by atoms with E-state index >= 15 is 0 Å². The Bertz CT molecular complexity index is 716.